The lowest BCUT2D eigenvalue weighted by Gasteiger charge is -2.11. The average molecular weight is 160 g/mol. The van der Waals surface area contributed by atoms with Crippen LogP contribution < -0.4 is 10.6 Å². The molecule has 3 N–H and O–H groups in total. The molecule has 0 aromatic heterocycles. The molecule has 68 valence electrons. The molecular formula is C8H20N2O. The van der Waals surface area contributed by atoms with Crippen molar-refractivity contribution in [2.24, 2.45) is 0 Å². The lowest BCUT2D eigenvalue weighted by Crippen LogP contribution is -2.30. The van der Waals surface area contributed by atoms with Crippen molar-refractivity contribution in [3.05, 3.63) is 0 Å². The van der Waals surface area contributed by atoms with Gasteiger partial charge in [0, 0.05) is 12.6 Å². The van der Waals surface area contributed by atoms with E-state index in [-0.39, 0.29) is 6.10 Å². The van der Waals surface area contributed by atoms with Gasteiger partial charge in [0.25, 0.3) is 0 Å². The third-order valence-corrected chi connectivity index (χ3v) is 1.47. The van der Waals surface area contributed by atoms with Gasteiger partial charge in [0.1, 0.15) is 0 Å². The summed E-state index contributed by atoms with van der Waals surface area (Å²) >= 11 is 0. The van der Waals surface area contributed by atoms with Crippen molar-refractivity contribution in [3.8, 4) is 0 Å². The highest BCUT2D eigenvalue weighted by atomic mass is 16.3. The molecule has 0 fully saturated rings. The summed E-state index contributed by atoms with van der Waals surface area (Å²) in [6, 6.07) is 0.511. The van der Waals surface area contributed by atoms with E-state index in [4.69, 9.17) is 0 Å². The van der Waals surface area contributed by atoms with E-state index < -0.39 is 0 Å². The maximum Gasteiger partial charge on any atom is 0.0676 e. The Bertz CT molecular complexity index is 86.2. The fraction of sp³-hybridized carbons (Fsp3) is 1.00. The predicted octanol–water partition coefficient (Wildman–Crippen LogP) is -0.0452. The second-order valence-electron chi connectivity index (χ2n) is 3.11. The molecule has 0 radical (unpaired) electrons. The predicted molar refractivity (Wildman–Crippen MR) is 47.7 cm³/mol. The van der Waals surface area contributed by atoms with E-state index in [9.17, 15) is 5.11 Å². The number of hydrogen-bond donors (Lipinski definition) is 3. The van der Waals surface area contributed by atoms with Crippen LogP contribution in [-0.4, -0.2) is 37.4 Å². The molecule has 1 unspecified atom stereocenters. The van der Waals surface area contributed by atoms with Crippen LogP contribution in [0.5, 0.6) is 0 Å². The fourth-order valence-electron chi connectivity index (χ4n) is 0.876. The van der Waals surface area contributed by atoms with Crippen LogP contribution in [0.3, 0.4) is 0 Å². The summed E-state index contributed by atoms with van der Waals surface area (Å²) in [4.78, 5) is 0. The van der Waals surface area contributed by atoms with Crippen molar-refractivity contribution < 1.29 is 5.11 Å². The van der Waals surface area contributed by atoms with Gasteiger partial charge in [0.2, 0.25) is 0 Å². The molecule has 0 aliphatic heterocycles. The van der Waals surface area contributed by atoms with Gasteiger partial charge in [-0.25, -0.2) is 0 Å². The largest absolute Gasteiger partial charge is 0.392 e. The summed E-state index contributed by atoms with van der Waals surface area (Å²) in [5, 5.41) is 15.4. The molecule has 11 heavy (non-hydrogen) atoms. The van der Waals surface area contributed by atoms with Gasteiger partial charge in [-0.15, -0.1) is 0 Å². The van der Waals surface area contributed by atoms with E-state index in [0.29, 0.717) is 12.6 Å². The third kappa shape index (κ3) is 7.78. The summed E-state index contributed by atoms with van der Waals surface area (Å²) in [6.07, 6.45) is 0.602. The normalized spacial score (nSPS) is 13.9. The van der Waals surface area contributed by atoms with Gasteiger partial charge in [-0.2, -0.15) is 0 Å². The Kier molecular flexibility index (Phi) is 6.51. The second-order valence-corrected chi connectivity index (χ2v) is 3.11. The zero-order valence-electron chi connectivity index (χ0n) is 7.72. The number of nitrogens with one attached hydrogen (secondary N) is 2. The number of aliphatic hydroxyl groups excluding tert-OH is 1. The number of hydrogen-bond acceptors (Lipinski definition) is 3. The minimum Gasteiger partial charge on any atom is -0.392 e. The molecule has 0 aromatic carbocycles. The van der Waals surface area contributed by atoms with Crippen LogP contribution in [-0.2, 0) is 0 Å². The number of aliphatic hydroxyl groups is 1. The first-order valence-electron chi connectivity index (χ1n) is 4.23. The van der Waals surface area contributed by atoms with E-state index >= 15 is 0 Å². The Morgan fingerprint density at radius 3 is 2.45 bits per heavy atom. The summed E-state index contributed by atoms with van der Waals surface area (Å²) < 4.78 is 0. The molecule has 0 heterocycles. The van der Waals surface area contributed by atoms with E-state index in [2.05, 4.69) is 24.5 Å². The smallest absolute Gasteiger partial charge is 0.0676 e. The highest BCUT2D eigenvalue weighted by Gasteiger charge is 2.01. The van der Waals surface area contributed by atoms with Gasteiger partial charge in [0.15, 0.2) is 0 Å². The standard InChI is InChI=1S/C8H20N2O/c1-7(2)10-5-4-8(11)6-9-3/h7-11H,4-6H2,1-3H3. The van der Waals surface area contributed by atoms with Crippen LogP contribution in [0, 0.1) is 0 Å². The first-order chi connectivity index (χ1) is 5.16. The molecule has 0 aliphatic rings. The SMILES string of the molecule is CNCC(O)CCNC(C)C. The Morgan fingerprint density at radius 1 is 1.36 bits per heavy atom. The molecule has 0 bridgehead atoms. The van der Waals surface area contributed by atoms with Crippen LogP contribution in [0.1, 0.15) is 20.3 Å². The van der Waals surface area contributed by atoms with E-state index in [1.807, 2.05) is 7.05 Å². The number of likely N-dealkylation sites (N-methyl/N-ethyl adjacent to an activating group) is 1. The molecule has 0 saturated heterocycles. The van der Waals surface area contributed by atoms with Gasteiger partial charge in [-0.1, -0.05) is 13.8 Å². The molecule has 3 nitrogen and oxygen atoms in total. The summed E-state index contributed by atoms with van der Waals surface area (Å²) in [5.41, 5.74) is 0. The Labute approximate surface area is 69.2 Å². The first-order valence-corrected chi connectivity index (χ1v) is 4.23. The third-order valence-electron chi connectivity index (χ3n) is 1.47. The minimum atomic E-state index is -0.216. The second kappa shape index (κ2) is 6.58. The van der Waals surface area contributed by atoms with Crippen molar-refractivity contribution in [1.29, 1.82) is 0 Å². The fourth-order valence-corrected chi connectivity index (χ4v) is 0.876. The van der Waals surface area contributed by atoms with Crippen LogP contribution >= 0.6 is 0 Å². The zero-order valence-corrected chi connectivity index (χ0v) is 7.72. The highest BCUT2D eigenvalue weighted by molar-refractivity contribution is 4.61. The summed E-state index contributed by atoms with van der Waals surface area (Å²) in [5.74, 6) is 0. The van der Waals surface area contributed by atoms with Crippen molar-refractivity contribution in [1.82, 2.24) is 10.6 Å². The maximum atomic E-state index is 9.26. The van der Waals surface area contributed by atoms with Crippen LogP contribution in [0.15, 0.2) is 0 Å². The molecule has 0 saturated carbocycles. The highest BCUT2D eigenvalue weighted by Crippen LogP contribution is 1.88. The molecule has 0 spiro atoms. The molecule has 0 aliphatic carbocycles. The Hall–Kier alpha value is -0.120. The first kappa shape index (κ1) is 10.9. The van der Waals surface area contributed by atoms with E-state index in [1.54, 1.807) is 0 Å². The van der Waals surface area contributed by atoms with Gasteiger partial charge in [-0.05, 0) is 20.0 Å². The molecule has 3 heteroatoms. The Balaban J connectivity index is 3.10. The van der Waals surface area contributed by atoms with Crippen molar-refractivity contribution in [2.45, 2.75) is 32.4 Å². The van der Waals surface area contributed by atoms with Crippen LogP contribution in [0.25, 0.3) is 0 Å². The van der Waals surface area contributed by atoms with Crippen LogP contribution in [0.2, 0.25) is 0 Å². The van der Waals surface area contributed by atoms with E-state index in [0.717, 1.165) is 13.0 Å². The Morgan fingerprint density at radius 2 is 2.00 bits per heavy atom. The van der Waals surface area contributed by atoms with Gasteiger partial charge < -0.3 is 15.7 Å². The van der Waals surface area contributed by atoms with Crippen molar-refractivity contribution >= 4 is 0 Å². The van der Waals surface area contributed by atoms with Crippen molar-refractivity contribution in [2.75, 3.05) is 20.1 Å². The lowest BCUT2D eigenvalue weighted by molar-refractivity contribution is 0.163. The number of rotatable bonds is 6. The minimum absolute atomic E-state index is 0.216. The quantitative estimate of drug-likeness (QED) is 0.510. The zero-order chi connectivity index (χ0) is 8.69. The maximum absolute atomic E-state index is 9.26. The monoisotopic (exact) mass is 160 g/mol. The lowest BCUT2D eigenvalue weighted by atomic mass is 10.2. The molecule has 0 aromatic rings. The van der Waals surface area contributed by atoms with Crippen LogP contribution in [0.4, 0.5) is 0 Å². The van der Waals surface area contributed by atoms with Gasteiger partial charge in [0.05, 0.1) is 6.10 Å². The molecule has 0 rings (SSSR count). The summed E-state index contributed by atoms with van der Waals surface area (Å²) in [7, 11) is 1.85. The molecule has 0 amide bonds. The topological polar surface area (TPSA) is 44.3 Å². The van der Waals surface area contributed by atoms with E-state index in [1.165, 1.54) is 0 Å². The molecule has 1 atom stereocenters. The van der Waals surface area contributed by atoms with Crippen molar-refractivity contribution in [3.63, 3.8) is 0 Å². The van der Waals surface area contributed by atoms with Gasteiger partial charge in [-0.3, -0.25) is 0 Å². The molecular weight excluding hydrogens is 140 g/mol. The average Bonchev–Trinajstić information content (AvgIpc) is 1.87. The summed E-state index contributed by atoms with van der Waals surface area (Å²) in [6.45, 7) is 5.77. The van der Waals surface area contributed by atoms with Gasteiger partial charge >= 0.3 is 0 Å².